The molecule has 0 spiro atoms. The molecule has 14 heavy (non-hydrogen) atoms. The molecule has 0 radical (unpaired) electrons. The number of aromatic nitrogens is 2. The van der Waals surface area contributed by atoms with Crippen LogP contribution in [-0.2, 0) is 13.1 Å². The van der Waals surface area contributed by atoms with Gasteiger partial charge < -0.3 is 15.0 Å². The molecule has 0 atom stereocenters. The van der Waals surface area contributed by atoms with Gasteiger partial charge >= 0.3 is 0 Å². The van der Waals surface area contributed by atoms with Crippen LogP contribution in [0.4, 0.5) is 0 Å². The molecule has 0 unspecified atom stereocenters. The Morgan fingerprint density at radius 2 is 2.36 bits per heavy atom. The summed E-state index contributed by atoms with van der Waals surface area (Å²) in [6, 6.07) is 0. The highest BCUT2D eigenvalue weighted by atomic mass is 16.3. The topological polar surface area (TPSA) is 50.1 Å². The zero-order chi connectivity index (χ0) is 10.4. The second-order valence-electron chi connectivity index (χ2n) is 3.79. The van der Waals surface area contributed by atoms with E-state index in [-0.39, 0.29) is 6.61 Å². The van der Waals surface area contributed by atoms with E-state index >= 15 is 0 Å². The van der Waals surface area contributed by atoms with Crippen molar-refractivity contribution in [2.45, 2.75) is 26.9 Å². The van der Waals surface area contributed by atoms with Crippen molar-refractivity contribution in [3.8, 4) is 0 Å². The van der Waals surface area contributed by atoms with Crippen molar-refractivity contribution < 1.29 is 5.11 Å². The Morgan fingerprint density at radius 1 is 1.57 bits per heavy atom. The zero-order valence-electron chi connectivity index (χ0n) is 8.90. The first-order chi connectivity index (χ1) is 6.74. The second kappa shape index (κ2) is 5.78. The number of hydrogen-bond donors (Lipinski definition) is 2. The van der Waals surface area contributed by atoms with Gasteiger partial charge in [-0.05, 0) is 12.5 Å². The maximum atomic E-state index is 8.81. The molecule has 0 aromatic carbocycles. The summed E-state index contributed by atoms with van der Waals surface area (Å²) in [5.74, 6) is 1.64. The summed E-state index contributed by atoms with van der Waals surface area (Å²) in [7, 11) is 0. The maximum absolute atomic E-state index is 8.81. The number of aliphatic hydroxyl groups is 1. The van der Waals surface area contributed by atoms with E-state index < -0.39 is 0 Å². The molecule has 0 amide bonds. The molecule has 1 rings (SSSR count). The molecule has 1 heterocycles. The minimum absolute atomic E-state index is 0.160. The summed E-state index contributed by atoms with van der Waals surface area (Å²) < 4.78 is 1.97. The Morgan fingerprint density at radius 3 is 3.00 bits per heavy atom. The Kier molecular flexibility index (Phi) is 4.62. The Bertz CT molecular complexity index is 258. The molecule has 0 aliphatic carbocycles. The van der Waals surface area contributed by atoms with Crippen molar-refractivity contribution in [3.05, 3.63) is 18.2 Å². The van der Waals surface area contributed by atoms with Crippen LogP contribution >= 0.6 is 0 Å². The van der Waals surface area contributed by atoms with Crippen molar-refractivity contribution in [2.75, 3.05) is 13.2 Å². The van der Waals surface area contributed by atoms with Crippen molar-refractivity contribution >= 4 is 0 Å². The Labute approximate surface area is 85.0 Å². The van der Waals surface area contributed by atoms with E-state index in [2.05, 4.69) is 24.1 Å². The van der Waals surface area contributed by atoms with Gasteiger partial charge in [-0.2, -0.15) is 0 Å². The van der Waals surface area contributed by atoms with Gasteiger partial charge in [-0.1, -0.05) is 13.8 Å². The Balaban J connectivity index is 2.37. The molecule has 2 N–H and O–H groups in total. The third-order valence-corrected chi connectivity index (χ3v) is 1.98. The number of imidazole rings is 1. The molecule has 0 saturated heterocycles. The average Bonchev–Trinajstić information content (AvgIpc) is 2.53. The Hall–Kier alpha value is -0.870. The van der Waals surface area contributed by atoms with E-state index in [0.717, 1.165) is 18.9 Å². The van der Waals surface area contributed by atoms with Crippen molar-refractivity contribution in [2.24, 2.45) is 5.92 Å². The van der Waals surface area contributed by atoms with Gasteiger partial charge in [0.2, 0.25) is 0 Å². The lowest BCUT2D eigenvalue weighted by atomic mass is 10.2. The van der Waals surface area contributed by atoms with Crippen LogP contribution in [0.5, 0.6) is 0 Å². The lowest BCUT2D eigenvalue weighted by Gasteiger charge is -2.08. The molecule has 80 valence electrons. The summed E-state index contributed by atoms with van der Waals surface area (Å²) in [6.45, 7) is 6.89. The first-order valence-corrected chi connectivity index (χ1v) is 5.05. The minimum Gasteiger partial charge on any atom is -0.395 e. The lowest BCUT2D eigenvalue weighted by molar-refractivity contribution is 0.273. The highest BCUT2D eigenvalue weighted by Gasteiger charge is 2.01. The van der Waals surface area contributed by atoms with Gasteiger partial charge in [0.05, 0.1) is 13.2 Å². The summed E-state index contributed by atoms with van der Waals surface area (Å²) in [6.07, 6.45) is 3.66. The van der Waals surface area contributed by atoms with Crippen LogP contribution in [0.2, 0.25) is 0 Å². The molecular weight excluding hydrogens is 178 g/mol. The van der Waals surface area contributed by atoms with Crippen LogP contribution in [0.25, 0.3) is 0 Å². The molecular formula is C10H19N3O. The minimum atomic E-state index is 0.160. The predicted molar refractivity (Wildman–Crippen MR) is 55.9 cm³/mol. The molecule has 4 heteroatoms. The number of rotatable bonds is 6. The van der Waals surface area contributed by atoms with Crippen molar-refractivity contribution in [3.63, 3.8) is 0 Å². The molecule has 0 fully saturated rings. The largest absolute Gasteiger partial charge is 0.395 e. The van der Waals surface area contributed by atoms with Gasteiger partial charge in [0.25, 0.3) is 0 Å². The molecule has 0 saturated carbocycles. The first-order valence-electron chi connectivity index (χ1n) is 5.05. The third kappa shape index (κ3) is 3.47. The van der Waals surface area contributed by atoms with E-state index in [1.54, 1.807) is 6.20 Å². The molecule has 1 aromatic rings. The van der Waals surface area contributed by atoms with Crippen LogP contribution in [0, 0.1) is 5.92 Å². The normalized spacial score (nSPS) is 11.1. The number of nitrogens with zero attached hydrogens (tertiary/aromatic N) is 2. The first kappa shape index (κ1) is 11.2. The highest BCUT2D eigenvalue weighted by molar-refractivity contribution is 4.91. The summed E-state index contributed by atoms with van der Waals surface area (Å²) in [4.78, 5) is 4.22. The summed E-state index contributed by atoms with van der Waals surface area (Å²) >= 11 is 0. The van der Waals surface area contributed by atoms with Gasteiger partial charge in [0.1, 0.15) is 5.82 Å². The lowest BCUT2D eigenvalue weighted by Crippen LogP contribution is -2.21. The molecule has 0 bridgehead atoms. The zero-order valence-corrected chi connectivity index (χ0v) is 8.90. The fourth-order valence-electron chi connectivity index (χ4n) is 1.29. The number of nitrogens with one attached hydrogen (secondary N) is 1. The van der Waals surface area contributed by atoms with Crippen molar-refractivity contribution in [1.29, 1.82) is 0 Å². The van der Waals surface area contributed by atoms with Crippen LogP contribution < -0.4 is 5.32 Å². The fourth-order valence-corrected chi connectivity index (χ4v) is 1.29. The fraction of sp³-hybridized carbons (Fsp3) is 0.700. The van der Waals surface area contributed by atoms with Gasteiger partial charge in [-0.15, -0.1) is 0 Å². The van der Waals surface area contributed by atoms with Crippen LogP contribution in [0.1, 0.15) is 19.7 Å². The monoisotopic (exact) mass is 197 g/mol. The highest BCUT2D eigenvalue weighted by Crippen LogP contribution is 1.97. The number of hydrogen-bond acceptors (Lipinski definition) is 3. The summed E-state index contributed by atoms with van der Waals surface area (Å²) in [5.41, 5.74) is 0. The predicted octanol–water partition coefficient (Wildman–Crippen LogP) is 0.621. The van der Waals surface area contributed by atoms with Gasteiger partial charge in [-0.25, -0.2) is 4.98 Å². The smallest absolute Gasteiger partial charge is 0.122 e. The van der Waals surface area contributed by atoms with Crippen molar-refractivity contribution in [1.82, 2.24) is 14.9 Å². The third-order valence-electron chi connectivity index (χ3n) is 1.98. The van der Waals surface area contributed by atoms with E-state index in [9.17, 15) is 0 Å². The second-order valence-corrected chi connectivity index (χ2v) is 3.79. The standard InChI is InChI=1S/C10H19N3O/c1-9(2)7-11-8-10-12-3-4-13(10)5-6-14/h3-4,9,11,14H,5-8H2,1-2H3. The van der Waals surface area contributed by atoms with Crippen LogP contribution in [-0.4, -0.2) is 27.8 Å². The van der Waals surface area contributed by atoms with Crippen LogP contribution in [0.3, 0.4) is 0 Å². The molecule has 4 nitrogen and oxygen atoms in total. The summed E-state index contributed by atoms with van der Waals surface area (Å²) in [5, 5.41) is 12.1. The van der Waals surface area contributed by atoms with Gasteiger partial charge in [0.15, 0.2) is 0 Å². The van der Waals surface area contributed by atoms with E-state index in [4.69, 9.17) is 5.11 Å². The van der Waals surface area contributed by atoms with Crippen LogP contribution in [0.15, 0.2) is 12.4 Å². The average molecular weight is 197 g/mol. The van der Waals surface area contributed by atoms with Gasteiger partial charge in [0, 0.05) is 18.9 Å². The SMILES string of the molecule is CC(C)CNCc1nccn1CCO. The molecule has 1 aromatic heterocycles. The maximum Gasteiger partial charge on any atom is 0.122 e. The molecule has 0 aliphatic rings. The molecule has 0 aliphatic heterocycles. The van der Waals surface area contributed by atoms with E-state index in [0.29, 0.717) is 12.5 Å². The van der Waals surface area contributed by atoms with E-state index in [1.807, 2.05) is 10.8 Å². The van der Waals surface area contributed by atoms with Gasteiger partial charge in [-0.3, -0.25) is 0 Å². The quantitative estimate of drug-likeness (QED) is 0.703. The number of aliphatic hydroxyl groups excluding tert-OH is 1. The van der Waals surface area contributed by atoms with E-state index in [1.165, 1.54) is 0 Å².